The highest BCUT2D eigenvalue weighted by atomic mass is 16.5. The molecule has 6 nitrogen and oxygen atoms in total. The summed E-state index contributed by atoms with van der Waals surface area (Å²) in [7, 11) is 0. The van der Waals surface area contributed by atoms with Crippen LogP contribution in [0.25, 0.3) is 11.1 Å². The lowest BCUT2D eigenvalue weighted by molar-refractivity contribution is -0.144. The molecule has 1 atom stereocenters. The third kappa shape index (κ3) is 3.33. The Hall–Kier alpha value is -3.67. The molecule has 0 radical (unpaired) electrons. The van der Waals surface area contributed by atoms with Crippen molar-refractivity contribution >= 4 is 12.1 Å². The molecule has 29 heavy (non-hydrogen) atoms. The fraction of sp³-hybridized carbons (Fsp3) is 0.174. The van der Waals surface area contributed by atoms with Crippen LogP contribution in [0.2, 0.25) is 0 Å². The van der Waals surface area contributed by atoms with E-state index in [9.17, 15) is 14.7 Å². The van der Waals surface area contributed by atoms with Crippen LogP contribution in [-0.2, 0) is 15.1 Å². The molecule has 1 aliphatic rings. The molecule has 0 bridgehead atoms. The molecule has 6 heteroatoms. The van der Waals surface area contributed by atoms with Gasteiger partial charge in [0.15, 0.2) is 5.54 Å². The molecular formula is C23H20N2O4. The van der Waals surface area contributed by atoms with E-state index in [4.69, 9.17) is 4.74 Å². The number of carbonyl (C=O) groups excluding carboxylic acids is 1. The van der Waals surface area contributed by atoms with Crippen LogP contribution in [0.5, 0.6) is 0 Å². The summed E-state index contributed by atoms with van der Waals surface area (Å²) in [5.41, 5.74) is 2.96. The molecule has 0 unspecified atom stereocenters. The first kappa shape index (κ1) is 18.7. The number of carboxylic acid groups (broad SMARTS) is 1. The van der Waals surface area contributed by atoms with Gasteiger partial charge < -0.3 is 15.2 Å². The van der Waals surface area contributed by atoms with Crippen molar-refractivity contribution in [2.75, 3.05) is 6.61 Å². The van der Waals surface area contributed by atoms with Crippen molar-refractivity contribution in [3.05, 3.63) is 89.7 Å². The number of aliphatic carboxylic acids is 1. The summed E-state index contributed by atoms with van der Waals surface area (Å²) in [5, 5.41) is 12.1. The molecule has 4 rings (SSSR count). The fourth-order valence-electron chi connectivity index (χ4n) is 3.72. The minimum absolute atomic E-state index is 0.0981. The van der Waals surface area contributed by atoms with Crippen LogP contribution in [0.15, 0.2) is 72.9 Å². The molecular weight excluding hydrogens is 368 g/mol. The number of ether oxygens (including phenoxy) is 1. The van der Waals surface area contributed by atoms with Gasteiger partial charge in [0, 0.05) is 12.1 Å². The summed E-state index contributed by atoms with van der Waals surface area (Å²) < 4.78 is 5.47. The molecule has 1 amide bonds. The maximum atomic E-state index is 12.5. The molecule has 1 aliphatic carbocycles. The van der Waals surface area contributed by atoms with Crippen LogP contribution < -0.4 is 5.32 Å². The first-order valence-electron chi connectivity index (χ1n) is 9.29. The molecule has 2 N–H and O–H groups in total. The molecule has 0 saturated heterocycles. The van der Waals surface area contributed by atoms with Crippen LogP contribution in [0.4, 0.5) is 4.79 Å². The van der Waals surface area contributed by atoms with Crippen LogP contribution in [0.1, 0.15) is 29.7 Å². The number of nitrogens with zero attached hydrogens (tertiary/aromatic N) is 1. The number of aromatic nitrogens is 1. The molecule has 0 saturated carbocycles. The van der Waals surface area contributed by atoms with E-state index in [2.05, 4.69) is 22.4 Å². The Morgan fingerprint density at radius 2 is 1.59 bits per heavy atom. The first-order valence-corrected chi connectivity index (χ1v) is 9.29. The van der Waals surface area contributed by atoms with Gasteiger partial charge in [-0.2, -0.15) is 0 Å². The summed E-state index contributed by atoms with van der Waals surface area (Å²) in [5.74, 6) is -1.32. The summed E-state index contributed by atoms with van der Waals surface area (Å²) in [6.45, 7) is 1.50. The van der Waals surface area contributed by atoms with Crippen LogP contribution in [-0.4, -0.2) is 28.8 Å². The lowest BCUT2D eigenvalue weighted by Crippen LogP contribution is -2.50. The van der Waals surface area contributed by atoms with Gasteiger partial charge >= 0.3 is 12.1 Å². The smallest absolute Gasteiger partial charge is 0.408 e. The number of rotatable bonds is 5. The summed E-state index contributed by atoms with van der Waals surface area (Å²) in [4.78, 5) is 28.4. The molecule has 0 fully saturated rings. The van der Waals surface area contributed by atoms with Crippen molar-refractivity contribution in [3.63, 3.8) is 0 Å². The standard InChI is InChI=1S/C23H20N2O4/c1-23(21(26)27,20-12-6-7-13-24-20)25-22(28)29-14-19-17-10-4-2-8-15(17)16-9-3-5-11-18(16)19/h2-13,19H,14H2,1H3,(H,25,28)(H,26,27)/t23-/m1/s1. The Labute approximate surface area is 168 Å². The normalized spacial score (nSPS) is 14.4. The SMILES string of the molecule is C[C@](NC(=O)OCC1c2ccccc2-c2ccccc21)(C(=O)O)c1ccccn1. The first-order chi connectivity index (χ1) is 14.0. The van der Waals surface area contributed by atoms with Gasteiger partial charge in [-0.3, -0.25) is 4.98 Å². The Balaban J connectivity index is 1.52. The van der Waals surface area contributed by atoms with Crippen molar-refractivity contribution in [2.24, 2.45) is 0 Å². The lowest BCUT2D eigenvalue weighted by atomic mass is 9.97. The minimum Gasteiger partial charge on any atom is -0.479 e. The zero-order chi connectivity index (χ0) is 20.4. The quantitative estimate of drug-likeness (QED) is 0.692. The number of hydrogen-bond donors (Lipinski definition) is 2. The highest BCUT2D eigenvalue weighted by Crippen LogP contribution is 2.44. The van der Waals surface area contributed by atoms with Gasteiger partial charge in [-0.25, -0.2) is 9.59 Å². The van der Waals surface area contributed by atoms with Gasteiger partial charge in [-0.05, 0) is 41.3 Å². The summed E-state index contributed by atoms with van der Waals surface area (Å²) >= 11 is 0. The largest absolute Gasteiger partial charge is 0.479 e. The Bertz CT molecular complexity index is 1020. The second kappa shape index (κ2) is 7.39. The maximum Gasteiger partial charge on any atom is 0.408 e. The number of fused-ring (bicyclic) bond motifs is 3. The van der Waals surface area contributed by atoms with Gasteiger partial charge in [0.05, 0.1) is 5.69 Å². The van der Waals surface area contributed by atoms with Crippen LogP contribution in [0, 0.1) is 0 Å². The Morgan fingerprint density at radius 3 is 2.14 bits per heavy atom. The average molecular weight is 388 g/mol. The van der Waals surface area contributed by atoms with Crippen LogP contribution in [0.3, 0.4) is 0 Å². The van der Waals surface area contributed by atoms with Crippen LogP contribution >= 0.6 is 0 Å². The predicted molar refractivity (Wildman–Crippen MR) is 107 cm³/mol. The van der Waals surface area contributed by atoms with Gasteiger partial charge in [0.25, 0.3) is 0 Å². The average Bonchev–Trinajstić information content (AvgIpc) is 3.06. The summed E-state index contributed by atoms with van der Waals surface area (Å²) in [6, 6.07) is 20.9. The van der Waals surface area contributed by atoms with Crippen molar-refractivity contribution in [2.45, 2.75) is 18.4 Å². The van der Waals surface area contributed by atoms with Crippen molar-refractivity contribution in [1.82, 2.24) is 10.3 Å². The number of carbonyl (C=O) groups is 2. The van der Waals surface area contributed by atoms with Gasteiger partial charge in [0.2, 0.25) is 0 Å². The van der Waals surface area contributed by atoms with Crippen molar-refractivity contribution in [3.8, 4) is 11.1 Å². The van der Waals surface area contributed by atoms with Crippen molar-refractivity contribution < 1.29 is 19.4 Å². The number of amides is 1. The van der Waals surface area contributed by atoms with E-state index in [-0.39, 0.29) is 18.2 Å². The highest BCUT2D eigenvalue weighted by molar-refractivity contribution is 5.85. The van der Waals surface area contributed by atoms with E-state index in [1.54, 1.807) is 18.2 Å². The molecule has 0 spiro atoms. The maximum absolute atomic E-state index is 12.5. The monoisotopic (exact) mass is 388 g/mol. The molecule has 1 aromatic heterocycles. The molecule has 0 aliphatic heterocycles. The molecule has 2 aromatic carbocycles. The third-order valence-corrected chi connectivity index (χ3v) is 5.30. The van der Waals surface area contributed by atoms with E-state index in [1.807, 2.05) is 36.4 Å². The predicted octanol–water partition coefficient (Wildman–Crippen LogP) is 3.92. The second-order valence-electron chi connectivity index (χ2n) is 7.10. The van der Waals surface area contributed by atoms with Gasteiger partial charge in [0.1, 0.15) is 6.61 Å². The summed E-state index contributed by atoms with van der Waals surface area (Å²) in [6.07, 6.45) is 0.679. The zero-order valence-electron chi connectivity index (χ0n) is 15.8. The zero-order valence-corrected chi connectivity index (χ0v) is 15.8. The molecule has 146 valence electrons. The van der Waals surface area contributed by atoms with Gasteiger partial charge in [-0.15, -0.1) is 0 Å². The number of carboxylic acids is 1. The van der Waals surface area contributed by atoms with E-state index >= 15 is 0 Å². The second-order valence-corrected chi connectivity index (χ2v) is 7.10. The number of alkyl carbamates (subject to hydrolysis) is 1. The molecule has 3 aromatic rings. The van der Waals surface area contributed by atoms with E-state index < -0.39 is 17.6 Å². The van der Waals surface area contributed by atoms with Gasteiger partial charge in [-0.1, -0.05) is 54.6 Å². The third-order valence-electron chi connectivity index (χ3n) is 5.30. The van der Waals surface area contributed by atoms with Crippen molar-refractivity contribution in [1.29, 1.82) is 0 Å². The lowest BCUT2D eigenvalue weighted by Gasteiger charge is -2.25. The number of benzene rings is 2. The number of nitrogens with one attached hydrogen (secondary N) is 1. The minimum atomic E-state index is -1.69. The van der Waals surface area contributed by atoms with E-state index in [1.165, 1.54) is 13.1 Å². The fourth-order valence-corrected chi connectivity index (χ4v) is 3.72. The number of hydrogen-bond acceptors (Lipinski definition) is 4. The van der Waals surface area contributed by atoms with E-state index in [0.29, 0.717) is 0 Å². The van der Waals surface area contributed by atoms with E-state index in [0.717, 1.165) is 22.3 Å². The molecule has 1 heterocycles. The topological polar surface area (TPSA) is 88.5 Å². The number of pyridine rings is 1. The Kier molecular flexibility index (Phi) is 4.76. The highest BCUT2D eigenvalue weighted by Gasteiger charge is 2.39. The Morgan fingerprint density at radius 1 is 1.00 bits per heavy atom.